The van der Waals surface area contributed by atoms with E-state index in [1.54, 1.807) is 12.3 Å². The minimum absolute atomic E-state index is 0.708. The molecule has 0 saturated carbocycles. The molecule has 0 bridgehead atoms. The molecule has 2 rings (SSSR count). The smallest absolute Gasteiger partial charge is 0.125 e. The van der Waals surface area contributed by atoms with Gasteiger partial charge in [-0.1, -0.05) is 0 Å². The van der Waals surface area contributed by atoms with Gasteiger partial charge in [0.05, 0.1) is 17.2 Å². The van der Waals surface area contributed by atoms with Crippen LogP contribution < -0.4 is 5.73 Å². The zero-order chi connectivity index (χ0) is 8.55. The Morgan fingerprint density at radius 3 is 2.92 bits per heavy atom. The Balaban J connectivity index is 2.79. The topological polar surface area (TPSA) is 51.8 Å². The van der Waals surface area contributed by atoms with Crippen LogP contribution in [-0.2, 0) is 0 Å². The van der Waals surface area contributed by atoms with Gasteiger partial charge in [-0.2, -0.15) is 0 Å². The molecule has 12 heavy (non-hydrogen) atoms. The molecule has 0 spiro atoms. The van der Waals surface area contributed by atoms with Gasteiger partial charge in [-0.15, -0.1) is 0 Å². The third-order valence-corrected chi connectivity index (χ3v) is 1.92. The van der Waals surface area contributed by atoms with Crippen molar-refractivity contribution in [3.05, 3.63) is 29.0 Å². The Hall–Kier alpha value is -1.16. The summed E-state index contributed by atoms with van der Waals surface area (Å²) in [5, 5.41) is 0. The van der Waals surface area contributed by atoms with Crippen molar-refractivity contribution in [1.29, 1.82) is 0 Å². The molecule has 0 aliphatic rings. The van der Waals surface area contributed by atoms with Gasteiger partial charge in [0.25, 0.3) is 0 Å². The predicted octanol–water partition coefficient (Wildman–Crippen LogP) is 1.97. The van der Waals surface area contributed by atoms with Gasteiger partial charge < -0.3 is 5.73 Å². The first kappa shape index (κ1) is 7.49. The lowest BCUT2D eigenvalue weighted by atomic mass is 10.3. The second-order valence-corrected chi connectivity index (χ2v) is 3.25. The molecule has 0 atom stereocenters. The van der Waals surface area contributed by atoms with Gasteiger partial charge in [-0.25, -0.2) is 4.98 Å². The average molecular weight is 224 g/mol. The van der Waals surface area contributed by atoms with Gasteiger partial charge in [0.2, 0.25) is 0 Å². The summed E-state index contributed by atoms with van der Waals surface area (Å²) in [6.45, 7) is 0. The van der Waals surface area contributed by atoms with Gasteiger partial charge in [0, 0.05) is 5.69 Å². The maximum absolute atomic E-state index is 5.58. The SMILES string of the molecule is Nc1ccc2nc(Br)cnc2c1. The number of hydrogen-bond donors (Lipinski definition) is 1. The van der Waals surface area contributed by atoms with Crippen molar-refractivity contribution in [2.45, 2.75) is 0 Å². The number of nitrogens with two attached hydrogens (primary N) is 1. The molecular formula is C8H6BrN3. The minimum Gasteiger partial charge on any atom is -0.399 e. The highest BCUT2D eigenvalue weighted by Crippen LogP contribution is 2.15. The summed E-state index contributed by atoms with van der Waals surface area (Å²) in [4.78, 5) is 8.37. The molecule has 0 saturated heterocycles. The molecule has 0 fully saturated rings. The summed E-state index contributed by atoms with van der Waals surface area (Å²) in [6, 6.07) is 5.46. The lowest BCUT2D eigenvalue weighted by molar-refractivity contribution is 1.25. The summed E-state index contributed by atoms with van der Waals surface area (Å²) in [5.74, 6) is 0. The number of fused-ring (bicyclic) bond motifs is 1. The second kappa shape index (κ2) is 2.71. The Morgan fingerprint density at radius 2 is 2.08 bits per heavy atom. The number of halogens is 1. The molecule has 0 aliphatic carbocycles. The molecule has 1 aromatic carbocycles. The fourth-order valence-electron chi connectivity index (χ4n) is 1.01. The third kappa shape index (κ3) is 1.25. The highest BCUT2D eigenvalue weighted by molar-refractivity contribution is 9.10. The van der Waals surface area contributed by atoms with Crippen molar-refractivity contribution in [3.63, 3.8) is 0 Å². The lowest BCUT2D eigenvalue weighted by Gasteiger charge is -1.97. The highest BCUT2D eigenvalue weighted by Gasteiger charge is 1.96. The molecule has 60 valence electrons. The van der Waals surface area contributed by atoms with Gasteiger partial charge >= 0.3 is 0 Å². The first-order valence-corrected chi connectivity index (χ1v) is 4.23. The summed E-state index contributed by atoms with van der Waals surface area (Å²) in [7, 11) is 0. The molecule has 4 heteroatoms. The monoisotopic (exact) mass is 223 g/mol. The number of hydrogen-bond acceptors (Lipinski definition) is 3. The molecule has 1 heterocycles. The van der Waals surface area contributed by atoms with Crippen molar-refractivity contribution in [2.75, 3.05) is 5.73 Å². The van der Waals surface area contributed by atoms with Crippen molar-refractivity contribution >= 4 is 32.7 Å². The zero-order valence-corrected chi connectivity index (χ0v) is 7.75. The molecule has 0 unspecified atom stereocenters. The molecule has 0 amide bonds. The third-order valence-electron chi connectivity index (χ3n) is 1.54. The number of nitrogens with zero attached hydrogens (tertiary/aromatic N) is 2. The Labute approximate surface area is 77.8 Å². The van der Waals surface area contributed by atoms with Gasteiger partial charge in [0.15, 0.2) is 0 Å². The Morgan fingerprint density at radius 1 is 1.25 bits per heavy atom. The van der Waals surface area contributed by atoms with Crippen LogP contribution in [0.15, 0.2) is 29.0 Å². The second-order valence-electron chi connectivity index (χ2n) is 2.44. The number of aromatic nitrogens is 2. The normalized spacial score (nSPS) is 10.4. The van der Waals surface area contributed by atoms with Crippen molar-refractivity contribution in [2.24, 2.45) is 0 Å². The summed E-state index contributed by atoms with van der Waals surface area (Å²) < 4.78 is 0.736. The summed E-state index contributed by atoms with van der Waals surface area (Å²) in [6.07, 6.45) is 1.65. The number of anilines is 1. The highest BCUT2D eigenvalue weighted by atomic mass is 79.9. The zero-order valence-electron chi connectivity index (χ0n) is 6.16. The van der Waals surface area contributed by atoms with E-state index in [4.69, 9.17) is 5.73 Å². The fraction of sp³-hybridized carbons (Fsp3) is 0. The van der Waals surface area contributed by atoms with Crippen LogP contribution in [0.1, 0.15) is 0 Å². The van der Waals surface area contributed by atoms with Crippen molar-refractivity contribution in [3.8, 4) is 0 Å². The summed E-state index contributed by atoms with van der Waals surface area (Å²) >= 11 is 3.25. The van der Waals surface area contributed by atoms with Crippen LogP contribution in [0.5, 0.6) is 0 Å². The molecule has 2 aromatic rings. The van der Waals surface area contributed by atoms with E-state index in [-0.39, 0.29) is 0 Å². The molecular weight excluding hydrogens is 218 g/mol. The van der Waals surface area contributed by atoms with E-state index in [0.717, 1.165) is 15.6 Å². The average Bonchev–Trinajstić information content (AvgIpc) is 2.05. The maximum atomic E-state index is 5.58. The van der Waals surface area contributed by atoms with Crippen LogP contribution in [0.2, 0.25) is 0 Å². The Bertz CT molecular complexity index is 386. The molecule has 1 aromatic heterocycles. The number of benzene rings is 1. The van der Waals surface area contributed by atoms with Crippen LogP contribution in [0, 0.1) is 0 Å². The molecule has 3 nitrogen and oxygen atoms in total. The molecule has 2 N–H and O–H groups in total. The van der Waals surface area contributed by atoms with Crippen molar-refractivity contribution in [1.82, 2.24) is 9.97 Å². The van der Waals surface area contributed by atoms with Crippen LogP contribution >= 0.6 is 15.9 Å². The molecule has 0 radical (unpaired) electrons. The van der Waals surface area contributed by atoms with Gasteiger partial charge in [-0.05, 0) is 34.1 Å². The van der Waals surface area contributed by atoms with Crippen LogP contribution in [0.25, 0.3) is 11.0 Å². The van der Waals surface area contributed by atoms with Gasteiger partial charge in [0.1, 0.15) is 4.60 Å². The standard InChI is InChI=1S/C8H6BrN3/c9-8-4-11-7-3-5(10)1-2-6(7)12-8/h1-4H,10H2. The lowest BCUT2D eigenvalue weighted by Crippen LogP contribution is -1.88. The van der Waals surface area contributed by atoms with E-state index in [1.165, 1.54) is 0 Å². The van der Waals surface area contributed by atoms with E-state index in [1.807, 2.05) is 12.1 Å². The summed E-state index contributed by atoms with van der Waals surface area (Å²) in [5.41, 5.74) is 7.95. The van der Waals surface area contributed by atoms with E-state index < -0.39 is 0 Å². The molecule has 0 aliphatic heterocycles. The number of nitrogen functional groups attached to an aromatic ring is 1. The van der Waals surface area contributed by atoms with Crippen LogP contribution in [-0.4, -0.2) is 9.97 Å². The van der Waals surface area contributed by atoms with E-state index in [9.17, 15) is 0 Å². The quantitative estimate of drug-likeness (QED) is 0.696. The van der Waals surface area contributed by atoms with Gasteiger partial charge in [-0.3, -0.25) is 4.98 Å². The van der Waals surface area contributed by atoms with Crippen LogP contribution in [0.4, 0.5) is 5.69 Å². The van der Waals surface area contributed by atoms with Crippen LogP contribution in [0.3, 0.4) is 0 Å². The first-order valence-electron chi connectivity index (χ1n) is 3.43. The number of rotatable bonds is 0. The minimum atomic E-state index is 0.708. The van der Waals surface area contributed by atoms with E-state index in [0.29, 0.717) is 5.69 Å². The first-order chi connectivity index (χ1) is 5.75. The van der Waals surface area contributed by atoms with E-state index in [2.05, 4.69) is 25.9 Å². The largest absolute Gasteiger partial charge is 0.399 e. The maximum Gasteiger partial charge on any atom is 0.125 e. The van der Waals surface area contributed by atoms with E-state index >= 15 is 0 Å². The predicted molar refractivity (Wildman–Crippen MR) is 51.7 cm³/mol. The van der Waals surface area contributed by atoms with Crippen molar-refractivity contribution < 1.29 is 0 Å². The Kier molecular flexibility index (Phi) is 1.69. The fourth-order valence-corrected chi connectivity index (χ4v) is 1.30.